The molecule has 0 unspecified atom stereocenters. The van der Waals surface area contributed by atoms with Gasteiger partial charge in [0, 0.05) is 31.4 Å². The molecule has 5 nitrogen and oxygen atoms in total. The molecule has 0 aliphatic rings. The van der Waals surface area contributed by atoms with Gasteiger partial charge in [0.05, 0.1) is 10.0 Å². The summed E-state index contributed by atoms with van der Waals surface area (Å²) < 4.78 is 1.28. The highest BCUT2D eigenvalue weighted by molar-refractivity contribution is 6.42. The van der Waals surface area contributed by atoms with Crippen LogP contribution in [0.2, 0.25) is 15.1 Å². The van der Waals surface area contributed by atoms with Gasteiger partial charge < -0.3 is 19.7 Å². The summed E-state index contributed by atoms with van der Waals surface area (Å²) in [6, 6.07) is 12.2. The lowest BCUT2D eigenvalue weighted by atomic mass is 10.1. The van der Waals surface area contributed by atoms with Crippen molar-refractivity contribution in [2.75, 3.05) is 0 Å². The van der Waals surface area contributed by atoms with Crippen molar-refractivity contribution >= 4 is 40.7 Å². The first-order valence-corrected chi connectivity index (χ1v) is 9.44. The maximum atomic E-state index is 13.1. The van der Waals surface area contributed by atoms with E-state index in [0.29, 0.717) is 15.1 Å². The lowest BCUT2D eigenvalue weighted by molar-refractivity contribution is 0.0727. The van der Waals surface area contributed by atoms with Crippen molar-refractivity contribution in [3.63, 3.8) is 0 Å². The van der Waals surface area contributed by atoms with E-state index in [1.165, 1.54) is 22.7 Å². The van der Waals surface area contributed by atoms with Gasteiger partial charge >= 0.3 is 0 Å². The predicted molar refractivity (Wildman–Crippen MR) is 110 cm³/mol. The van der Waals surface area contributed by atoms with Crippen LogP contribution in [0.3, 0.4) is 0 Å². The second-order valence-electron chi connectivity index (χ2n) is 6.36. The summed E-state index contributed by atoms with van der Waals surface area (Å²) in [5.41, 5.74) is 1.64. The minimum absolute atomic E-state index is 0.00836. The van der Waals surface area contributed by atoms with Gasteiger partial charge in [0.25, 0.3) is 5.91 Å². The van der Waals surface area contributed by atoms with Gasteiger partial charge in [0.1, 0.15) is 5.56 Å². The zero-order valence-corrected chi connectivity index (χ0v) is 17.1. The molecule has 3 rings (SSSR count). The summed E-state index contributed by atoms with van der Waals surface area (Å²) in [4.78, 5) is 14.7. The molecule has 0 aliphatic carbocycles. The maximum Gasteiger partial charge on any atom is 0.259 e. The molecule has 0 fully saturated rings. The van der Waals surface area contributed by atoms with Crippen LogP contribution in [0.25, 0.3) is 0 Å². The predicted octanol–water partition coefficient (Wildman–Crippen LogP) is 5.24. The summed E-state index contributed by atoms with van der Waals surface area (Å²) >= 11 is 18.0. The van der Waals surface area contributed by atoms with Crippen molar-refractivity contribution in [1.29, 1.82) is 0 Å². The number of aryl methyl sites for hydroxylation is 1. The highest BCUT2D eigenvalue weighted by Gasteiger charge is 2.24. The summed E-state index contributed by atoms with van der Waals surface area (Å²) in [7, 11) is 1.54. The van der Waals surface area contributed by atoms with Gasteiger partial charge in [0.15, 0.2) is 5.75 Å². The zero-order chi connectivity index (χ0) is 20.4. The van der Waals surface area contributed by atoms with E-state index >= 15 is 0 Å². The van der Waals surface area contributed by atoms with Gasteiger partial charge in [-0.15, -0.1) is 0 Å². The van der Waals surface area contributed by atoms with Crippen molar-refractivity contribution in [2.45, 2.75) is 13.1 Å². The Morgan fingerprint density at radius 3 is 2.14 bits per heavy atom. The molecular formula is C20H17Cl3N2O3. The molecule has 0 radical (unpaired) electrons. The molecule has 8 heteroatoms. The van der Waals surface area contributed by atoms with E-state index < -0.39 is 11.7 Å². The van der Waals surface area contributed by atoms with Crippen LogP contribution in [0.15, 0.2) is 48.7 Å². The van der Waals surface area contributed by atoms with Gasteiger partial charge in [-0.25, -0.2) is 0 Å². The second-order valence-corrected chi connectivity index (χ2v) is 7.61. The van der Waals surface area contributed by atoms with Crippen molar-refractivity contribution in [3.8, 4) is 11.6 Å². The average Bonchev–Trinajstić information content (AvgIpc) is 2.92. The van der Waals surface area contributed by atoms with E-state index in [9.17, 15) is 15.0 Å². The van der Waals surface area contributed by atoms with Gasteiger partial charge in [-0.3, -0.25) is 4.79 Å². The molecule has 28 heavy (non-hydrogen) atoms. The lowest BCUT2D eigenvalue weighted by Gasteiger charge is -2.23. The Hall–Kier alpha value is -2.34. The van der Waals surface area contributed by atoms with E-state index in [4.69, 9.17) is 34.8 Å². The van der Waals surface area contributed by atoms with Crippen LogP contribution in [0, 0.1) is 0 Å². The van der Waals surface area contributed by atoms with Gasteiger partial charge in [-0.1, -0.05) is 53.0 Å². The number of nitrogens with zero attached hydrogens (tertiary/aromatic N) is 2. The number of carbonyl (C=O) groups is 1. The molecule has 0 bridgehead atoms. The third-order valence-corrected chi connectivity index (χ3v) is 5.28. The zero-order valence-electron chi connectivity index (χ0n) is 14.9. The minimum atomic E-state index is -0.456. The molecule has 0 saturated carbocycles. The van der Waals surface area contributed by atoms with Crippen molar-refractivity contribution in [1.82, 2.24) is 9.47 Å². The summed E-state index contributed by atoms with van der Waals surface area (Å²) in [5.74, 6) is -1.26. The standard InChI is InChI=1S/C20H17Cl3N2O3/c1-24-11-15(18(26)20(24)28)19(27)25(9-12-2-5-14(21)6-3-12)10-13-4-7-16(22)17(23)8-13/h2-8,11,26,28H,9-10H2,1H3. The van der Waals surface area contributed by atoms with E-state index in [-0.39, 0.29) is 24.5 Å². The number of amides is 1. The van der Waals surface area contributed by atoms with E-state index in [1.807, 2.05) is 12.1 Å². The number of benzene rings is 2. The van der Waals surface area contributed by atoms with Crippen LogP contribution in [0.5, 0.6) is 11.6 Å². The number of rotatable bonds is 5. The van der Waals surface area contributed by atoms with Crippen LogP contribution < -0.4 is 0 Å². The number of aromatic nitrogens is 1. The Labute approximate surface area is 177 Å². The fourth-order valence-electron chi connectivity index (χ4n) is 2.80. The van der Waals surface area contributed by atoms with Crippen molar-refractivity contribution in [2.24, 2.45) is 7.05 Å². The number of hydrogen-bond acceptors (Lipinski definition) is 3. The van der Waals surface area contributed by atoms with Crippen LogP contribution in [-0.2, 0) is 20.1 Å². The van der Waals surface area contributed by atoms with E-state index in [0.717, 1.165) is 11.1 Å². The first-order chi connectivity index (χ1) is 13.3. The second kappa shape index (κ2) is 8.35. The van der Waals surface area contributed by atoms with Crippen molar-refractivity contribution in [3.05, 3.63) is 80.4 Å². The number of carbonyl (C=O) groups excluding carboxylic acids is 1. The quantitative estimate of drug-likeness (QED) is 0.571. The first kappa shape index (κ1) is 20.4. The molecule has 1 amide bonds. The SMILES string of the molecule is Cn1cc(C(=O)N(Cc2ccc(Cl)cc2)Cc2ccc(Cl)c(Cl)c2)c(O)c1O. The van der Waals surface area contributed by atoms with Crippen LogP contribution in [0.1, 0.15) is 21.5 Å². The third kappa shape index (κ3) is 4.38. The Kier molecular flexibility index (Phi) is 6.08. The Morgan fingerprint density at radius 2 is 1.57 bits per heavy atom. The topological polar surface area (TPSA) is 65.7 Å². The molecule has 0 aliphatic heterocycles. The maximum absolute atomic E-state index is 13.1. The molecule has 146 valence electrons. The van der Waals surface area contributed by atoms with Gasteiger partial charge in [0.2, 0.25) is 5.88 Å². The Balaban J connectivity index is 1.94. The summed E-state index contributed by atoms with van der Waals surface area (Å²) in [6.45, 7) is 0.499. The molecule has 2 aromatic carbocycles. The van der Waals surface area contributed by atoms with Crippen LogP contribution >= 0.6 is 34.8 Å². The largest absolute Gasteiger partial charge is 0.503 e. The van der Waals surface area contributed by atoms with Crippen LogP contribution in [-0.4, -0.2) is 25.6 Å². The fourth-order valence-corrected chi connectivity index (χ4v) is 3.25. The van der Waals surface area contributed by atoms with Gasteiger partial charge in [-0.05, 0) is 35.4 Å². The monoisotopic (exact) mass is 438 g/mol. The fraction of sp³-hybridized carbons (Fsp3) is 0.150. The third-order valence-electron chi connectivity index (χ3n) is 4.29. The molecule has 0 spiro atoms. The highest BCUT2D eigenvalue weighted by Crippen LogP contribution is 2.32. The summed E-state index contributed by atoms with van der Waals surface area (Å²) in [6.07, 6.45) is 1.39. The molecule has 2 N–H and O–H groups in total. The number of halogens is 3. The molecule has 1 aromatic heterocycles. The van der Waals surface area contributed by atoms with Gasteiger partial charge in [-0.2, -0.15) is 0 Å². The molecular weight excluding hydrogens is 423 g/mol. The smallest absolute Gasteiger partial charge is 0.259 e. The van der Waals surface area contributed by atoms with E-state index in [1.54, 1.807) is 30.3 Å². The molecule has 0 atom stereocenters. The minimum Gasteiger partial charge on any atom is -0.503 e. The average molecular weight is 440 g/mol. The lowest BCUT2D eigenvalue weighted by Crippen LogP contribution is -2.30. The highest BCUT2D eigenvalue weighted by atomic mass is 35.5. The summed E-state index contributed by atoms with van der Waals surface area (Å²) in [5, 5.41) is 21.3. The molecule has 1 heterocycles. The number of hydrogen-bond donors (Lipinski definition) is 2. The molecule has 3 aromatic rings. The first-order valence-electron chi connectivity index (χ1n) is 8.31. The van der Waals surface area contributed by atoms with Crippen LogP contribution in [0.4, 0.5) is 0 Å². The normalized spacial score (nSPS) is 10.9. The number of aromatic hydroxyl groups is 2. The van der Waals surface area contributed by atoms with Crippen molar-refractivity contribution < 1.29 is 15.0 Å². The molecule has 0 saturated heterocycles. The van der Waals surface area contributed by atoms with E-state index in [2.05, 4.69) is 0 Å². The Morgan fingerprint density at radius 1 is 0.964 bits per heavy atom. The Bertz CT molecular complexity index is 1020.